The quantitative estimate of drug-likeness (QED) is 0.846. The summed E-state index contributed by atoms with van der Waals surface area (Å²) in [5, 5.41) is 4.38. The molecule has 0 aromatic carbocycles. The van der Waals surface area contributed by atoms with Crippen molar-refractivity contribution in [2.24, 2.45) is 0 Å². The molecule has 1 fully saturated rings. The van der Waals surface area contributed by atoms with Gasteiger partial charge in [-0.25, -0.2) is 9.78 Å². The normalized spacial score (nSPS) is 19.3. The second-order valence-corrected chi connectivity index (χ2v) is 4.66. The van der Waals surface area contributed by atoms with E-state index in [4.69, 9.17) is 4.74 Å². The first-order chi connectivity index (χ1) is 8.24. The summed E-state index contributed by atoms with van der Waals surface area (Å²) in [6.07, 6.45) is 0.747. The highest BCUT2D eigenvalue weighted by molar-refractivity contribution is 7.17. The number of nitrogens with one attached hydrogen (secondary N) is 1. The van der Waals surface area contributed by atoms with Gasteiger partial charge < -0.3 is 10.1 Å². The van der Waals surface area contributed by atoms with E-state index in [9.17, 15) is 9.59 Å². The van der Waals surface area contributed by atoms with Crippen LogP contribution < -0.4 is 10.9 Å². The third kappa shape index (κ3) is 1.78. The lowest BCUT2D eigenvalue weighted by Crippen LogP contribution is -2.28. The molecule has 17 heavy (non-hydrogen) atoms. The van der Waals surface area contributed by atoms with Gasteiger partial charge in [-0.05, 0) is 11.4 Å². The molecule has 2 aromatic heterocycles. The summed E-state index contributed by atoms with van der Waals surface area (Å²) in [5.41, 5.74) is 0.616. The first-order valence-electron chi connectivity index (χ1n) is 5.11. The Bertz CT molecular complexity index is 633. The lowest BCUT2D eigenvalue weighted by molar-refractivity contribution is 0.130. The summed E-state index contributed by atoms with van der Waals surface area (Å²) in [6, 6.07) is 1.81. The van der Waals surface area contributed by atoms with Crippen molar-refractivity contribution < 1.29 is 9.53 Å². The van der Waals surface area contributed by atoms with Crippen LogP contribution in [0.25, 0.3) is 10.2 Å². The lowest BCUT2D eigenvalue weighted by atomic mass is 10.3. The fourth-order valence-electron chi connectivity index (χ4n) is 1.76. The molecule has 88 valence electrons. The van der Waals surface area contributed by atoms with Crippen LogP contribution in [-0.2, 0) is 11.3 Å². The van der Waals surface area contributed by atoms with Gasteiger partial charge in [-0.15, -0.1) is 11.3 Å². The number of alkyl carbamates (subject to hydrolysis) is 1. The number of carbonyl (C=O) groups is 1. The zero-order valence-corrected chi connectivity index (χ0v) is 9.57. The number of hydrogen-bond acceptors (Lipinski definition) is 5. The Morgan fingerprint density at radius 3 is 3.24 bits per heavy atom. The Morgan fingerprint density at radius 2 is 2.47 bits per heavy atom. The lowest BCUT2D eigenvalue weighted by Gasteiger charge is -2.09. The maximum Gasteiger partial charge on any atom is 0.407 e. The number of nitrogens with zero attached hydrogens (tertiary/aromatic N) is 2. The summed E-state index contributed by atoms with van der Waals surface area (Å²) in [7, 11) is 0. The van der Waals surface area contributed by atoms with Gasteiger partial charge in [0.2, 0.25) is 0 Å². The molecule has 1 amide bonds. The summed E-state index contributed by atoms with van der Waals surface area (Å²) in [5.74, 6) is 0. The summed E-state index contributed by atoms with van der Waals surface area (Å²) < 4.78 is 7.09. The second kappa shape index (κ2) is 3.85. The van der Waals surface area contributed by atoms with Gasteiger partial charge >= 0.3 is 6.09 Å². The van der Waals surface area contributed by atoms with Gasteiger partial charge in [0.1, 0.15) is 10.8 Å². The zero-order valence-electron chi connectivity index (χ0n) is 8.75. The van der Waals surface area contributed by atoms with Crippen LogP contribution in [-0.4, -0.2) is 28.3 Å². The molecular formula is C10H9N3O3S. The molecule has 0 aliphatic carbocycles. The summed E-state index contributed by atoms with van der Waals surface area (Å²) in [4.78, 5) is 27.1. The van der Waals surface area contributed by atoms with Crippen LogP contribution in [0.1, 0.15) is 0 Å². The van der Waals surface area contributed by atoms with Crippen molar-refractivity contribution in [3.8, 4) is 0 Å². The SMILES string of the molecule is O=C1NCC(Cn2cnc3ccsc3c2=O)O1. The predicted octanol–water partition coefficient (Wildman–Crippen LogP) is 0.566. The molecule has 0 spiro atoms. The van der Waals surface area contributed by atoms with Gasteiger partial charge in [0, 0.05) is 0 Å². The van der Waals surface area contributed by atoms with Gasteiger partial charge in [0.05, 0.1) is 24.9 Å². The van der Waals surface area contributed by atoms with Crippen molar-refractivity contribution in [1.29, 1.82) is 0 Å². The van der Waals surface area contributed by atoms with Crippen molar-refractivity contribution >= 4 is 27.6 Å². The van der Waals surface area contributed by atoms with E-state index in [1.165, 1.54) is 22.2 Å². The first-order valence-corrected chi connectivity index (χ1v) is 5.99. The van der Waals surface area contributed by atoms with Gasteiger partial charge in [-0.1, -0.05) is 0 Å². The van der Waals surface area contributed by atoms with Gasteiger partial charge in [0.25, 0.3) is 5.56 Å². The molecule has 3 heterocycles. The van der Waals surface area contributed by atoms with E-state index in [0.717, 1.165) is 0 Å². The van der Waals surface area contributed by atoms with Crippen LogP contribution in [0.4, 0.5) is 4.79 Å². The topological polar surface area (TPSA) is 73.2 Å². The van der Waals surface area contributed by atoms with Crippen LogP contribution in [0.5, 0.6) is 0 Å². The van der Waals surface area contributed by atoms with Crippen LogP contribution in [0.2, 0.25) is 0 Å². The number of carbonyl (C=O) groups excluding carboxylic acids is 1. The highest BCUT2D eigenvalue weighted by Crippen LogP contribution is 2.13. The Hall–Kier alpha value is -1.89. The van der Waals surface area contributed by atoms with E-state index >= 15 is 0 Å². The highest BCUT2D eigenvalue weighted by Gasteiger charge is 2.23. The second-order valence-electron chi connectivity index (χ2n) is 3.75. The number of thiophene rings is 1. The summed E-state index contributed by atoms with van der Waals surface area (Å²) >= 11 is 1.37. The largest absolute Gasteiger partial charge is 0.442 e. The van der Waals surface area contributed by atoms with Crippen molar-refractivity contribution in [2.75, 3.05) is 6.54 Å². The Kier molecular flexibility index (Phi) is 2.32. The molecule has 7 heteroatoms. The molecule has 1 aliphatic rings. The molecule has 3 rings (SSSR count). The molecule has 1 N–H and O–H groups in total. The fourth-order valence-corrected chi connectivity index (χ4v) is 2.55. The number of ether oxygens (including phenoxy) is 1. The molecule has 1 unspecified atom stereocenters. The van der Waals surface area contributed by atoms with Crippen molar-refractivity contribution in [3.05, 3.63) is 28.1 Å². The number of rotatable bonds is 2. The molecule has 0 saturated carbocycles. The molecule has 0 radical (unpaired) electrons. The summed E-state index contributed by atoms with van der Waals surface area (Å²) in [6.45, 7) is 0.756. The van der Waals surface area contributed by atoms with Gasteiger partial charge in [-0.3, -0.25) is 9.36 Å². The average molecular weight is 251 g/mol. The van der Waals surface area contributed by atoms with Crippen molar-refractivity contribution in [1.82, 2.24) is 14.9 Å². The van der Waals surface area contributed by atoms with E-state index in [0.29, 0.717) is 23.3 Å². The van der Waals surface area contributed by atoms with E-state index in [2.05, 4.69) is 10.3 Å². The third-order valence-corrected chi connectivity index (χ3v) is 3.48. The molecule has 0 bridgehead atoms. The Balaban J connectivity index is 1.92. The minimum Gasteiger partial charge on any atom is -0.442 e. The molecule has 2 aromatic rings. The number of aromatic nitrogens is 2. The monoisotopic (exact) mass is 251 g/mol. The van der Waals surface area contributed by atoms with Gasteiger partial charge in [-0.2, -0.15) is 0 Å². The van der Waals surface area contributed by atoms with Gasteiger partial charge in [0.15, 0.2) is 0 Å². The molecule has 6 nitrogen and oxygen atoms in total. The number of fused-ring (bicyclic) bond motifs is 1. The smallest absolute Gasteiger partial charge is 0.407 e. The Morgan fingerprint density at radius 1 is 1.59 bits per heavy atom. The van der Waals surface area contributed by atoms with Crippen LogP contribution in [0, 0.1) is 0 Å². The number of hydrogen-bond donors (Lipinski definition) is 1. The Labute approximate surface area is 99.8 Å². The fraction of sp³-hybridized carbons (Fsp3) is 0.300. The molecule has 1 aliphatic heterocycles. The van der Waals surface area contributed by atoms with Crippen LogP contribution in [0.3, 0.4) is 0 Å². The van der Waals surface area contributed by atoms with E-state index < -0.39 is 6.09 Å². The van der Waals surface area contributed by atoms with Crippen molar-refractivity contribution in [2.45, 2.75) is 12.6 Å². The maximum absolute atomic E-state index is 12.0. The average Bonchev–Trinajstić information content (AvgIpc) is 2.92. The number of amides is 1. The first kappa shape index (κ1) is 10.3. The van der Waals surface area contributed by atoms with Crippen molar-refractivity contribution in [3.63, 3.8) is 0 Å². The van der Waals surface area contributed by atoms with E-state index in [-0.39, 0.29) is 11.7 Å². The molecule has 1 saturated heterocycles. The van der Waals surface area contributed by atoms with E-state index in [1.807, 2.05) is 11.4 Å². The molecular weight excluding hydrogens is 242 g/mol. The minimum absolute atomic E-state index is 0.0899. The standard InChI is InChI=1S/C10H9N3O3S/c14-9-8-7(1-2-17-8)12-5-13(9)4-6-3-11-10(15)16-6/h1-2,5-6H,3-4H2,(H,11,15). The third-order valence-electron chi connectivity index (χ3n) is 2.58. The molecule has 1 atom stereocenters. The minimum atomic E-state index is -0.437. The predicted molar refractivity (Wildman–Crippen MR) is 62.2 cm³/mol. The zero-order chi connectivity index (χ0) is 11.8. The van der Waals surface area contributed by atoms with Crippen LogP contribution >= 0.6 is 11.3 Å². The van der Waals surface area contributed by atoms with Crippen LogP contribution in [0.15, 0.2) is 22.6 Å². The maximum atomic E-state index is 12.0. The highest BCUT2D eigenvalue weighted by atomic mass is 32.1. The van der Waals surface area contributed by atoms with E-state index in [1.54, 1.807) is 0 Å². The number of cyclic esters (lactones) is 1.